The topological polar surface area (TPSA) is 78.8 Å². The number of likely N-dealkylation sites (tertiary alicyclic amines) is 1. The Hall–Kier alpha value is -2.38. The summed E-state index contributed by atoms with van der Waals surface area (Å²) in [7, 11) is 0. The highest BCUT2D eigenvalue weighted by molar-refractivity contribution is 5.97. The van der Waals surface area contributed by atoms with Gasteiger partial charge in [-0.15, -0.1) is 0 Å². The van der Waals surface area contributed by atoms with Crippen LogP contribution in [0.3, 0.4) is 0 Å². The number of nitrogens with zero attached hydrogens (tertiary/aromatic N) is 5. The summed E-state index contributed by atoms with van der Waals surface area (Å²) in [6.07, 6.45) is 5.67. The number of carbonyl (C=O) groups excluding carboxylic acids is 3. The Labute approximate surface area is 165 Å². The number of carbonyl (C=O) groups is 3. The maximum absolute atomic E-state index is 13.1. The third-order valence-corrected chi connectivity index (χ3v) is 6.33. The number of piperazine rings is 1. The summed E-state index contributed by atoms with van der Waals surface area (Å²) in [4.78, 5) is 47.1. The summed E-state index contributed by atoms with van der Waals surface area (Å²) < 4.78 is 1.98. The van der Waals surface area contributed by atoms with Crippen molar-refractivity contribution in [3.63, 3.8) is 0 Å². The van der Waals surface area contributed by atoms with Crippen molar-refractivity contribution >= 4 is 18.2 Å². The molecule has 2 saturated heterocycles. The van der Waals surface area contributed by atoms with Crippen LogP contribution in [0.1, 0.15) is 59.4 Å². The van der Waals surface area contributed by atoms with Crippen LogP contribution < -0.4 is 0 Å². The molecule has 8 nitrogen and oxygen atoms in total. The molecule has 3 amide bonds. The Balaban J connectivity index is 1.58. The molecule has 0 unspecified atom stereocenters. The van der Waals surface area contributed by atoms with Gasteiger partial charge in [0.25, 0.3) is 11.8 Å². The van der Waals surface area contributed by atoms with E-state index < -0.39 is 0 Å². The number of amides is 3. The Morgan fingerprint density at radius 1 is 0.929 bits per heavy atom. The van der Waals surface area contributed by atoms with Crippen LogP contribution in [-0.4, -0.2) is 81.7 Å². The van der Waals surface area contributed by atoms with E-state index in [1.165, 1.54) is 0 Å². The Morgan fingerprint density at radius 2 is 1.61 bits per heavy atom. The zero-order valence-electron chi connectivity index (χ0n) is 16.6. The first-order chi connectivity index (χ1) is 13.6. The number of hydrogen-bond donors (Lipinski definition) is 0. The second-order valence-electron chi connectivity index (χ2n) is 8.25. The van der Waals surface area contributed by atoms with Crippen LogP contribution in [0.15, 0.2) is 0 Å². The van der Waals surface area contributed by atoms with Crippen LogP contribution in [0, 0.1) is 5.92 Å². The third-order valence-electron chi connectivity index (χ3n) is 6.33. The van der Waals surface area contributed by atoms with E-state index in [1.54, 1.807) is 9.80 Å². The fourth-order valence-corrected chi connectivity index (χ4v) is 4.41. The predicted molar refractivity (Wildman–Crippen MR) is 103 cm³/mol. The van der Waals surface area contributed by atoms with E-state index in [4.69, 9.17) is 0 Å². The fraction of sp³-hybridized carbons (Fsp3) is 0.700. The van der Waals surface area contributed by atoms with Crippen molar-refractivity contribution in [3.05, 3.63) is 17.2 Å². The lowest BCUT2D eigenvalue weighted by Gasteiger charge is -2.32. The van der Waals surface area contributed by atoms with Gasteiger partial charge in [0.2, 0.25) is 6.41 Å². The molecule has 0 N–H and O–H groups in total. The molecule has 1 aromatic heterocycles. The highest BCUT2D eigenvalue weighted by atomic mass is 16.2. The van der Waals surface area contributed by atoms with Crippen LogP contribution in [0.25, 0.3) is 0 Å². The van der Waals surface area contributed by atoms with Gasteiger partial charge < -0.3 is 19.3 Å². The van der Waals surface area contributed by atoms with Gasteiger partial charge in [-0.25, -0.2) is 4.98 Å². The summed E-state index contributed by atoms with van der Waals surface area (Å²) in [5.74, 6) is 0.932. The van der Waals surface area contributed by atoms with E-state index in [9.17, 15) is 14.4 Å². The number of aromatic nitrogens is 2. The maximum Gasteiger partial charge on any atom is 0.289 e. The van der Waals surface area contributed by atoms with Crippen molar-refractivity contribution in [2.45, 2.75) is 45.6 Å². The van der Waals surface area contributed by atoms with Crippen LogP contribution in [-0.2, 0) is 17.8 Å². The van der Waals surface area contributed by atoms with Gasteiger partial charge in [0.1, 0.15) is 5.69 Å². The van der Waals surface area contributed by atoms with Gasteiger partial charge in [0, 0.05) is 45.8 Å². The quantitative estimate of drug-likeness (QED) is 0.725. The SMILES string of the molecule is CC1CCN(C(=O)c2nc(C(=O)N3CCN(C=O)CC3)c3n2CCCC3)CC1. The summed E-state index contributed by atoms with van der Waals surface area (Å²) in [6.45, 7) is 6.61. The molecule has 2 fully saturated rings. The fourth-order valence-electron chi connectivity index (χ4n) is 4.41. The monoisotopic (exact) mass is 387 g/mol. The molecular formula is C20H29N5O3. The molecule has 0 radical (unpaired) electrons. The van der Waals surface area contributed by atoms with E-state index in [-0.39, 0.29) is 11.8 Å². The average molecular weight is 387 g/mol. The summed E-state index contributed by atoms with van der Waals surface area (Å²) in [5.41, 5.74) is 1.34. The maximum atomic E-state index is 13.1. The molecule has 4 heterocycles. The smallest absolute Gasteiger partial charge is 0.289 e. The van der Waals surface area contributed by atoms with E-state index in [2.05, 4.69) is 11.9 Å². The molecule has 0 bridgehead atoms. The van der Waals surface area contributed by atoms with Gasteiger partial charge in [-0.3, -0.25) is 14.4 Å². The molecule has 3 aliphatic heterocycles. The van der Waals surface area contributed by atoms with E-state index in [0.717, 1.165) is 63.8 Å². The van der Waals surface area contributed by atoms with Crippen molar-refractivity contribution in [3.8, 4) is 0 Å². The van der Waals surface area contributed by atoms with Crippen LogP contribution in [0.5, 0.6) is 0 Å². The predicted octanol–water partition coefficient (Wildman–Crippen LogP) is 1.01. The minimum Gasteiger partial charge on any atom is -0.342 e. The Kier molecular flexibility index (Phi) is 5.37. The molecule has 28 heavy (non-hydrogen) atoms. The van der Waals surface area contributed by atoms with E-state index >= 15 is 0 Å². The first kappa shape index (κ1) is 19.0. The molecule has 4 rings (SSSR count). The van der Waals surface area contributed by atoms with Gasteiger partial charge in [0.05, 0.1) is 5.69 Å². The minimum atomic E-state index is -0.109. The highest BCUT2D eigenvalue weighted by Gasteiger charge is 2.33. The summed E-state index contributed by atoms with van der Waals surface area (Å²) >= 11 is 0. The van der Waals surface area contributed by atoms with Crippen LogP contribution >= 0.6 is 0 Å². The number of rotatable bonds is 3. The van der Waals surface area contributed by atoms with Gasteiger partial charge in [-0.05, 0) is 38.0 Å². The van der Waals surface area contributed by atoms with Crippen molar-refractivity contribution in [2.75, 3.05) is 39.3 Å². The number of hydrogen-bond acceptors (Lipinski definition) is 4. The molecular weight excluding hydrogens is 358 g/mol. The van der Waals surface area contributed by atoms with Crippen molar-refractivity contribution in [1.82, 2.24) is 24.3 Å². The van der Waals surface area contributed by atoms with E-state index in [1.807, 2.05) is 9.47 Å². The number of fused-ring (bicyclic) bond motifs is 1. The molecule has 0 aromatic carbocycles. The molecule has 152 valence electrons. The minimum absolute atomic E-state index is 0.0418. The molecule has 0 atom stereocenters. The first-order valence-corrected chi connectivity index (χ1v) is 10.5. The van der Waals surface area contributed by atoms with Gasteiger partial charge in [-0.1, -0.05) is 6.92 Å². The summed E-state index contributed by atoms with van der Waals surface area (Å²) in [6, 6.07) is 0. The van der Waals surface area contributed by atoms with Gasteiger partial charge >= 0.3 is 0 Å². The van der Waals surface area contributed by atoms with Gasteiger partial charge in [-0.2, -0.15) is 0 Å². The lowest BCUT2D eigenvalue weighted by Crippen LogP contribution is -2.48. The zero-order chi connectivity index (χ0) is 19.7. The van der Waals surface area contributed by atoms with Crippen molar-refractivity contribution < 1.29 is 14.4 Å². The van der Waals surface area contributed by atoms with E-state index in [0.29, 0.717) is 43.6 Å². The average Bonchev–Trinajstić information content (AvgIpc) is 3.13. The number of imidazole rings is 1. The second kappa shape index (κ2) is 7.93. The molecule has 8 heteroatoms. The molecule has 1 aromatic rings. The zero-order valence-corrected chi connectivity index (χ0v) is 16.6. The first-order valence-electron chi connectivity index (χ1n) is 10.5. The lowest BCUT2D eigenvalue weighted by molar-refractivity contribution is -0.119. The molecule has 0 saturated carbocycles. The second-order valence-corrected chi connectivity index (χ2v) is 8.25. The van der Waals surface area contributed by atoms with Crippen LogP contribution in [0.2, 0.25) is 0 Å². The third kappa shape index (κ3) is 3.52. The highest BCUT2D eigenvalue weighted by Crippen LogP contribution is 2.25. The standard InChI is InChI=1S/C20H29N5O3/c1-15-5-8-23(9-6-15)20(28)18-21-17(16-4-2-3-7-25(16)18)19(27)24-12-10-22(14-26)11-13-24/h14-15H,2-13H2,1H3. The van der Waals surface area contributed by atoms with Gasteiger partial charge in [0.15, 0.2) is 5.82 Å². The largest absolute Gasteiger partial charge is 0.342 e. The number of piperidine rings is 1. The van der Waals surface area contributed by atoms with Crippen molar-refractivity contribution in [2.24, 2.45) is 5.92 Å². The lowest BCUT2D eigenvalue weighted by atomic mass is 9.99. The molecule has 3 aliphatic rings. The molecule has 0 spiro atoms. The summed E-state index contributed by atoms with van der Waals surface area (Å²) in [5, 5.41) is 0. The normalized spacial score (nSPS) is 20.8. The molecule has 0 aliphatic carbocycles. The van der Waals surface area contributed by atoms with Crippen LogP contribution in [0.4, 0.5) is 0 Å². The Bertz CT molecular complexity index is 758. The Morgan fingerprint density at radius 3 is 2.29 bits per heavy atom. The van der Waals surface area contributed by atoms with Crippen molar-refractivity contribution in [1.29, 1.82) is 0 Å².